The molecule has 0 fully saturated rings. The number of nitrogens with zero attached hydrogens (tertiary/aromatic N) is 3. The molecule has 1 aliphatic rings. The van der Waals surface area contributed by atoms with Crippen molar-refractivity contribution in [1.82, 2.24) is 14.5 Å². The van der Waals surface area contributed by atoms with Gasteiger partial charge in [-0.15, -0.1) is 0 Å². The van der Waals surface area contributed by atoms with Crippen LogP contribution in [0.4, 0.5) is 5.69 Å². The van der Waals surface area contributed by atoms with Crippen LogP contribution >= 0.6 is 0 Å². The molecule has 0 saturated carbocycles. The van der Waals surface area contributed by atoms with E-state index in [9.17, 15) is 14.7 Å². The number of carbonyl (C=O) groups is 1. The first-order valence-corrected chi connectivity index (χ1v) is 8.65. The van der Waals surface area contributed by atoms with Gasteiger partial charge < -0.3 is 14.8 Å². The number of fused-ring (bicyclic) bond motifs is 1. The Morgan fingerprint density at radius 3 is 2.89 bits per heavy atom. The van der Waals surface area contributed by atoms with E-state index in [-0.39, 0.29) is 6.04 Å². The molecule has 8 heteroatoms. The van der Waals surface area contributed by atoms with Crippen LogP contribution < -0.4 is 10.9 Å². The Morgan fingerprint density at radius 1 is 1.37 bits per heavy atom. The lowest BCUT2D eigenvalue weighted by atomic mass is 10.0. The number of anilines is 1. The van der Waals surface area contributed by atoms with Crippen molar-refractivity contribution in [3.05, 3.63) is 64.7 Å². The molecule has 0 spiro atoms. The molecule has 0 aliphatic carbocycles. The maximum absolute atomic E-state index is 12.7. The minimum absolute atomic E-state index is 0.204. The molecular formula is C19H18N4O4. The molecule has 0 amide bonds. The number of carboxylic acid groups (broad SMARTS) is 1. The molecule has 0 bridgehead atoms. The molecule has 3 aromatic rings. The summed E-state index contributed by atoms with van der Waals surface area (Å²) in [5.74, 6) is -0.573. The number of aryl methyl sites for hydroxylation is 1. The Labute approximate surface area is 154 Å². The van der Waals surface area contributed by atoms with Crippen LogP contribution in [0, 0.1) is 0 Å². The molecule has 138 valence electrons. The zero-order valence-corrected chi connectivity index (χ0v) is 14.6. The summed E-state index contributed by atoms with van der Waals surface area (Å²) in [4.78, 5) is 32.7. The fourth-order valence-corrected chi connectivity index (χ4v) is 3.14. The molecule has 1 aromatic carbocycles. The number of benzene rings is 1. The normalized spacial score (nSPS) is 17.0. The summed E-state index contributed by atoms with van der Waals surface area (Å²) in [6.45, 7) is 1.45. The molecular weight excluding hydrogens is 348 g/mol. The Balaban J connectivity index is 1.63. The lowest BCUT2D eigenvalue weighted by Gasteiger charge is -2.25. The van der Waals surface area contributed by atoms with Gasteiger partial charge in [-0.05, 0) is 31.9 Å². The average Bonchev–Trinajstić information content (AvgIpc) is 3.18. The molecule has 27 heavy (non-hydrogen) atoms. The fourth-order valence-electron chi connectivity index (χ4n) is 3.14. The van der Waals surface area contributed by atoms with Gasteiger partial charge in [0.1, 0.15) is 23.7 Å². The summed E-state index contributed by atoms with van der Waals surface area (Å²) in [6.07, 6.45) is 4.18. The van der Waals surface area contributed by atoms with Gasteiger partial charge in [-0.25, -0.2) is 14.8 Å². The van der Waals surface area contributed by atoms with Gasteiger partial charge >= 0.3 is 5.97 Å². The van der Waals surface area contributed by atoms with Crippen molar-refractivity contribution in [1.29, 1.82) is 0 Å². The highest BCUT2D eigenvalue weighted by atomic mass is 16.4. The largest absolute Gasteiger partial charge is 0.480 e. The van der Waals surface area contributed by atoms with Gasteiger partial charge in [-0.1, -0.05) is 18.2 Å². The first-order valence-electron chi connectivity index (χ1n) is 8.65. The monoisotopic (exact) mass is 366 g/mol. The van der Waals surface area contributed by atoms with Crippen molar-refractivity contribution in [2.45, 2.75) is 31.8 Å². The predicted molar refractivity (Wildman–Crippen MR) is 97.5 cm³/mol. The van der Waals surface area contributed by atoms with E-state index < -0.39 is 17.6 Å². The number of rotatable bonds is 4. The van der Waals surface area contributed by atoms with Crippen molar-refractivity contribution in [2.24, 2.45) is 0 Å². The van der Waals surface area contributed by atoms with Gasteiger partial charge in [-0.2, -0.15) is 0 Å². The topological polar surface area (TPSA) is 110 Å². The smallest absolute Gasteiger partial charge is 0.326 e. The van der Waals surface area contributed by atoms with E-state index in [0.717, 1.165) is 10.1 Å². The molecule has 1 aliphatic heterocycles. The van der Waals surface area contributed by atoms with Crippen molar-refractivity contribution >= 4 is 11.7 Å². The molecule has 2 N–H and O–H groups in total. The van der Waals surface area contributed by atoms with Gasteiger partial charge in [0.25, 0.3) is 5.56 Å². The number of aliphatic carboxylic acids is 1. The van der Waals surface area contributed by atoms with E-state index in [1.165, 1.54) is 13.3 Å². The number of nitrogens with one attached hydrogen (secondary N) is 1. The van der Waals surface area contributed by atoms with Crippen LogP contribution in [0.5, 0.6) is 0 Å². The summed E-state index contributed by atoms with van der Waals surface area (Å²) < 4.78 is 6.71. The Morgan fingerprint density at radius 2 is 2.15 bits per heavy atom. The zero-order chi connectivity index (χ0) is 19.0. The minimum atomic E-state index is -1.09. The van der Waals surface area contributed by atoms with Crippen LogP contribution in [0.15, 0.2) is 52.1 Å². The molecule has 8 nitrogen and oxygen atoms in total. The summed E-state index contributed by atoms with van der Waals surface area (Å²) in [7, 11) is 0. The third-order valence-corrected chi connectivity index (χ3v) is 4.74. The minimum Gasteiger partial charge on any atom is -0.480 e. The van der Waals surface area contributed by atoms with Crippen molar-refractivity contribution in [2.75, 3.05) is 5.32 Å². The second-order valence-electron chi connectivity index (χ2n) is 6.47. The molecule has 4 rings (SSSR count). The van der Waals surface area contributed by atoms with Crippen molar-refractivity contribution in [3.8, 4) is 11.5 Å². The van der Waals surface area contributed by atoms with Crippen LogP contribution in [0.3, 0.4) is 0 Å². The van der Waals surface area contributed by atoms with Gasteiger partial charge in [0.05, 0.1) is 18.1 Å². The van der Waals surface area contributed by atoms with Crippen molar-refractivity contribution < 1.29 is 14.3 Å². The molecule has 0 radical (unpaired) electrons. The highest BCUT2D eigenvalue weighted by Gasteiger charge is 2.27. The Bertz CT molecular complexity index is 1040. The Kier molecular flexibility index (Phi) is 4.23. The highest BCUT2D eigenvalue weighted by Crippen LogP contribution is 2.30. The maximum atomic E-state index is 12.7. The molecule has 2 unspecified atom stereocenters. The third-order valence-electron chi connectivity index (χ3n) is 4.74. The van der Waals surface area contributed by atoms with Crippen LogP contribution in [0.1, 0.15) is 36.8 Å². The van der Waals surface area contributed by atoms with E-state index in [1.54, 1.807) is 6.26 Å². The van der Waals surface area contributed by atoms with E-state index in [1.807, 2.05) is 30.3 Å². The number of carboxylic acids is 1. The molecule has 3 heterocycles. The first kappa shape index (κ1) is 17.0. The summed E-state index contributed by atoms with van der Waals surface area (Å²) in [5, 5.41) is 12.3. The average molecular weight is 366 g/mol. The van der Waals surface area contributed by atoms with Crippen LogP contribution in [-0.4, -0.2) is 25.6 Å². The van der Waals surface area contributed by atoms with Gasteiger partial charge in [-0.3, -0.25) is 9.36 Å². The SMILES string of the molecule is CC(C(=O)O)n1cnc2c(c1=O)NC(c1coc(-c3ccccc3)n1)CC2. The molecule has 2 aromatic heterocycles. The van der Waals surface area contributed by atoms with E-state index in [2.05, 4.69) is 15.3 Å². The standard InChI is InChI=1S/C19H18N4O4/c1-11(19(25)26)23-10-20-14-8-7-13(21-16(14)18(23)24)15-9-27-17(22-15)12-5-3-2-4-6-12/h2-6,9-11,13,21H,7-8H2,1H3,(H,25,26). The number of hydrogen-bond acceptors (Lipinski definition) is 6. The fraction of sp³-hybridized carbons (Fsp3) is 0.263. The number of hydrogen-bond donors (Lipinski definition) is 2. The summed E-state index contributed by atoms with van der Waals surface area (Å²) in [6, 6.07) is 8.37. The third kappa shape index (κ3) is 3.10. The maximum Gasteiger partial charge on any atom is 0.326 e. The van der Waals surface area contributed by atoms with E-state index in [4.69, 9.17) is 4.42 Å². The van der Waals surface area contributed by atoms with Crippen LogP contribution in [-0.2, 0) is 11.2 Å². The number of aromatic nitrogens is 3. The van der Waals surface area contributed by atoms with E-state index >= 15 is 0 Å². The molecule has 2 atom stereocenters. The number of oxazole rings is 1. The summed E-state index contributed by atoms with van der Waals surface area (Å²) >= 11 is 0. The van der Waals surface area contributed by atoms with Crippen molar-refractivity contribution in [3.63, 3.8) is 0 Å². The lowest BCUT2D eigenvalue weighted by molar-refractivity contribution is -0.140. The lowest BCUT2D eigenvalue weighted by Crippen LogP contribution is -2.34. The zero-order valence-electron chi connectivity index (χ0n) is 14.6. The summed E-state index contributed by atoms with van der Waals surface area (Å²) in [5.41, 5.74) is 2.13. The van der Waals surface area contributed by atoms with E-state index in [0.29, 0.717) is 35.8 Å². The second-order valence-corrected chi connectivity index (χ2v) is 6.47. The highest BCUT2D eigenvalue weighted by molar-refractivity contribution is 5.71. The van der Waals surface area contributed by atoms with Gasteiger partial charge in [0, 0.05) is 5.56 Å². The van der Waals surface area contributed by atoms with Gasteiger partial charge in [0.2, 0.25) is 5.89 Å². The molecule has 0 saturated heterocycles. The van der Waals surface area contributed by atoms with Crippen LogP contribution in [0.2, 0.25) is 0 Å². The Hall–Kier alpha value is -3.42. The van der Waals surface area contributed by atoms with Crippen LogP contribution in [0.25, 0.3) is 11.5 Å². The second kappa shape index (κ2) is 6.71. The quantitative estimate of drug-likeness (QED) is 0.730. The first-order chi connectivity index (χ1) is 13.0. The van der Waals surface area contributed by atoms with Gasteiger partial charge in [0.15, 0.2) is 0 Å². The predicted octanol–water partition coefficient (Wildman–Crippen LogP) is 2.64.